The van der Waals surface area contributed by atoms with E-state index in [-0.39, 0.29) is 47.8 Å². The monoisotopic (exact) mass is 567 g/mol. The third-order valence-electron chi connectivity index (χ3n) is 6.67. The minimum absolute atomic E-state index is 0. The Morgan fingerprint density at radius 2 is 1.76 bits per heavy atom. The fourth-order valence-corrected chi connectivity index (χ4v) is 4.71. The Labute approximate surface area is 214 Å². The number of hydrogen-bond donors (Lipinski definition) is 3. The van der Waals surface area contributed by atoms with E-state index in [1.54, 1.807) is 0 Å². The normalized spacial score (nSPS) is 22.2. The Bertz CT molecular complexity index is 817. The molecule has 2 atom stereocenters. The molecule has 4 rings (SSSR count). The summed E-state index contributed by atoms with van der Waals surface area (Å²) in [6.45, 7) is 4.90. The van der Waals surface area contributed by atoms with Crippen LogP contribution in [0.3, 0.4) is 0 Å². The van der Waals surface area contributed by atoms with E-state index in [2.05, 4.69) is 35.0 Å². The number of rotatable bonds is 8. The standard InChI is InChI=1S/C25H37N5O2.HI/c1-2-26-25(29-22-10-5-9-18(15-22)24(32)28-21-12-13-21)27-14-6-11-23(31)30-16-19-7-3-4-8-20(19)17-30;/h3-4,7-8,18,21-22H,2,5-6,9-17H2,1H3,(H,28,32)(H2,26,27,29);1H. The summed E-state index contributed by atoms with van der Waals surface area (Å²) in [6.07, 6.45) is 7.47. The summed E-state index contributed by atoms with van der Waals surface area (Å²) < 4.78 is 0. The van der Waals surface area contributed by atoms with Gasteiger partial charge in [-0.25, -0.2) is 0 Å². The molecule has 0 bridgehead atoms. The molecule has 3 aliphatic rings. The SMILES string of the molecule is CCNC(=NCCCC(=O)N1Cc2ccccc2C1)NC1CCCC(C(=O)NC2CC2)C1.I. The van der Waals surface area contributed by atoms with E-state index >= 15 is 0 Å². The lowest BCUT2D eigenvalue weighted by molar-refractivity contribution is -0.131. The summed E-state index contributed by atoms with van der Waals surface area (Å²) in [5.74, 6) is 1.32. The van der Waals surface area contributed by atoms with Gasteiger partial charge in [0.2, 0.25) is 11.8 Å². The summed E-state index contributed by atoms with van der Waals surface area (Å²) in [4.78, 5) is 31.7. The average Bonchev–Trinajstić information content (AvgIpc) is 3.50. The second kappa shape index (κ2) is 12.6. The molecule has 1 heterocycles. The van der Waals surface area contributed by atoms with Crippen LogP contribution in [0.2, 0.25) is 0 Å². The molecule has 1 aliphatic heterocycles. The van der Waals surface area contributed by atoms with E-state index < -0.39 is 0 Å². The highest BCUT2D eigenvalue weighted by Crippen LogP contribution is 2.27. The Balaban J connectivity index is 0.00000306. The van der Waals surface area contributed by atoms with Crippen LogP contribution in [0.25, 0.3) is 0 Å². The number of hydrogen-bond acceptors (Lipinski definition) is 3. The van der Waals surface area contributed by atoms with Crippen molar-refractivity contribution < 1.29 is 9.59 Å². The van der Waals surface area contributed by atoms with Crippen molar-refractivity contribution in [3.63, 3.8) is 0 Å². The molecule has 0 saturated heterocycles. The molecule has 0 spiro atoms. The van der Waals surface area contributed by atoms with Crippen LogP contribution in [0.4, 0.5) is 0 Å². The van der Waals surface area contributed by atoms with Crippen molar-refractivity contribution in [2.24, 2.45) is 10.9 Å². The van der Waals surface area contributed by atoms with Gasteiger partial charge in [0.1, 0.15) is 0 Å². The molecular weight excluding hydrogens is 529 g/mol. The maximum Gasteiger partial charge on any atom is 0.223 e. The van der Waals surface area contributed by atoms with E-state index in [0.29, 0.717) is 19.0 Å². The van der Waals surface area contributed by atoms with Crippen LogP contribution < -0.4 is 16.0 Å². The number of aliphatic imine (C=N–C) groups is 1. The summed E-state index contributed by atoms with van der Waals surface area (Å²) in [7, 11) is 0. The molecule has 1 aromatic rings. The van der Waals surface area contributed by atoms with Crippen LogP contribution in [-0.4, -0.2) is 47.8 Å². The van der Waals surface area contributed by atoms with E-state index in [4.69, 9.17) is 4.99 Å². The van der Waals surface area contributed by atoms with Gasteiger partial charge < -0.3 is 20.9 Å². The molecule has 3 N–H and O–H groups in total. The van der Waals surface area contributed by atoms with Gasteiger partial charge in [0.05, 0.1) is 0 Å². The maximum absolute atomic E-state index is 12.6. The fourth-order valence-electron chi connectivity index (χ4n) is 4.71. The molecule has 8 heteroatoms. The van der Waals surface area contributed by atoms with Crippen molar-refractivity contribution in [1.29, 1.82) is 0 Å². The molecule has 2 aliphatic carbocycles. The molecular formula is C25H38IN5O2. The zero-order valence-electron chi connectivity index (χ0n) is 19.6. The summed E-state index contributed by atoms with van der Waals surface area (Å²) in [6, 6.07) is 8.96. The minimum Gasteiger partial charge on any atom is -0.357 e. The van der Waals surface area contributed by atoms with Crippen molar-refractivity contribution in [2.75, 3.05) is 13.1 Å². The van der Waals surface area contributed by atoms with Crippen molar-refractivity contribution in [1.82, 2.24) is 20.9 Å². The number of benzene rings is 1. The van der Waals surface area contributed by atoms with Gasteiger partial charge in [0.25, 0.3) is 0 Å². The summed E-state index contributed by atoms with van der Waals surface area (Å²) in [5.41, 5.74) is 2.52. The van der Waals surface area contributed by atoms with Crippen molar-refractivity contribution >= 4 is 41.8 Å². The van der Waals surface area contributed by atoms with Crippen LogP contribution in [-0.2, 0) is 22.7 Å². The molecule has 0 aromatic heterocycles. The first-order valence-electron chi connectivity index (χ1n) is 12.3. The molecule has 2 unspecified atom stereocenters. The number of nitrogens with one attached hydrogen (secondary N) is 3. The topological polar surface area (TPSA) is 85.8 Å². The number of halogens is 1. The Morgan fingerprint density at radius 1 is 1.03 bits per heavy atom. The largest absolute Gasteiger partial charge is 0.357 e. The second-order valence-corrected chi connectivity index (χ2v) is 9.37. The predicted octanol–water partition coefficient (Wildman–Crippen LogP) is 3.32. The first-order chi connectivity index (χ1) is 15.6. The van der Waals surface area contributed by atoms with Crippen LogP contribution in [0.1, 0.15) is 69.4 Å². The van der Waals surface area contributed by atoms with Gasteiger partial charge in [-0.15, -0.1) is 24.0 Å². The minimum atomic E-state index is 0. The van der Waals surface area contributed by atoms with Crippen LogP contribution in [0.15, 0.2) is 29.3 Å². The molecule has 2 amide bonds. The molecule has 182 valence electrons. The van der Waals surface area contributed by atoms with Crippen LogP contribution in [0, 0.1) is 5.92 Å². The first-order valence-corrected chi connectivity index (χ1v) is 12.3. The lowest BCUT2D eigenvalue weighted by atomic mass is 9.85. The lowest BCUT2D eigenvalue weighted by Crippen LogP contribution is -2.47. The predicted molar refractivity (Wildman–Crippen MR) is 141 cm³/mol. The Hall–Kier alpha value is -1.84. The Kier molecular flexibility index (Phi) is 9.82. The van der Waals surface area contributed by atoms with Gasteiger partial charge in [-0.1, -0.05) is 30.7 Å². The maximum atomic E-state index is 12.6. The molecule has 1 aromatic carbocycles. The Morgan fingerprint density at radius 3 is 2.42 bits per heavy atom. The number of guanidine groups is 1. The van der Waals surface area contributed by atoms with Gasteiger partial charge in [-0.3, -0.25) is 14.6 Å². The highest BCUT2D eigenvalue weighted by atomic mass is 127. The first kappa shape index (κ1) is 25.8. The summed E-state index contributed by atoms with van der Waals surface area (Å²) >= 11 is 0. The van der Waals surface area contributed by atoms with Gasteiger partial charge in [0.15, 0.2) is 5.96 Å². The van der Waals surface area contributed by atoms with Gasteiger partial charge in [0, 0.05) is 50.6 Å². The molecule has 33 heavy (non-hydrogen) atoms. The third kappa shape index (κ3) is 7.58. The zero-order chi connectivity index (χ0) is 22.3. The van der Waals surface area contributed by atoms with E-state index in [0.717, 1.165) is 70.5 Å². The highest BCUT2D eigenvalue weighted by Gasteiger charge is 2.31. The number of fused-ring (bicyclic) bond motifs is 1. The number of carbonyl (C=O) groups is 2. The van der Waals surface area contributed by atoms with Crippen LogP contribution in [0.5, 0.6) is 0 Å². The van der Waals surface area contributed by atoms with Crippen molar-refractivity contribution in [2.45, 2.75) is 83.5 Å². The quantitative estimate of drug-likeness (QED) is 0.195. The van der Waals surface area contributed by atoms with Crippen molar-refractivity contribution in [3.05, 3.63) is 35.4 Å². The summed E-state index contributed by atoms with van der Waals surface area (Å²) in [5, 5.41) is 10.00. The highest BCUT2D eigenvalue weighted by molar-refractivity contribution is 14.0. The molecule has 7 nitrogen and oxygen atoms in total. The van der Waals surface area contributed by atoms with E-state index in [1.807, 2.05) is 17.0 Å². The van der Waals surface area contributed by atoms with Crippen LogP contribution >= 0.6 is 24.0 Å². The van der Waals surface area contributed by atoms with Gasteiger partial charge >= 0.3 is 0 Å². The zero-order valence-corrected chi connectivity index (χ0v) is 22.0. The fraction of sp³-hybridized carbons (Fsp3) is 0.640. The van der Waals surface area contributed by atoms with E-state index in [1.165, 1.54) is 11.1 Å². The smallest absolute Gasteiger partial charge is 0.223 e. The number of nitrogens with zero attached hydrogens (tertiary/aromatic N) is 2. The molecule has 2 fully saturated rings. The van der Waals surface area contributed by atoms with Gasteiger partial charge in [-0.05, 0) is 56.6 Å². The number of carbonyl (C=O) groups excluding carboxylic acids is 2. The molecule has 0 radical (unpaired) electrons. The average molecular weight is 568 g/mol. The second-order valence-electron chi connectivity index (χ2n) is 9.37. The number of amides is 2. The van der Waals surface area contributed by atoms with Crippen molar-refractivity contribution in [3.8, 4) is 0 Å². The third-order valence-corrected chi connectivity index (χ3v) is 6.67. The van der Waals surface area contributed by atoms with E-state index in [9.17, 15) is 9.59 Å². The lowest BCUT2D eigenvalue weighted by Gasteiger charge is -2.30. The molecule has 2 saturated carbocycles. The van der Waals surface area contributed by atoms with Gasteiger partial charge in [-0.2, -0.15) is 0 Å².